The Morgan fingerprint density at radius 2 is 1.84 bits per heavy atom. The molecule has 0 aromatic heterocycles. The van der Waals surface area contributed by atoms with Crippen molar-refractivity contribution >= 4 is 40.9 Å². The summed E-state index contributed by atoms with van der Waals surface area (Å²) in [5, 5.41) is 6.22. The number of ether oxygens (including phenoxy) is 1. The maximum atomic E-state index is 12.3. The highest BCUT2D eigenvalue weighted by Crippen LogP contribution is 2.25. The molecular weight excluding hydrogens is 363 g/mol. The number of halogens is 2. The zero-order valence-electron chi connectivity index (χ0n) is 13.6. The Morgan fingerprint density at radius 1 is 1.12 bits per heavy atom. The van der Waals surface area contributed by atoms with Crippen molar-refractivity contribution in [2.75, 3.05) is 11.9 Å². The van der Waals surface area contributed by atoms with Crippen molar-refractivity contribution in [3.8, 4) is 0 Å². The van der Waals surface area contributed by atoms with Crippen LogP contribution < -0.4 is 10.6 Å². The molecule has 0 fully saturated rings. The van der Waals surface area contributed by atoms with Gasteiger partial charge in [0, 0.05) is 5.02 Å². The summed E-state index contributed by atoms with van der Waals surface area (Å²) in [6.45, 7) is 2.02. The molecule has 0 heterocycles. The van der Waals surface area contributed by atoms with Crippen LogP contribution in [0.3, 0.4) is 0 Å². The van der Waals surface area contributed by atoms with Gasteiger partial charge in [0.25, 0.3) is 0 Å². The lowest BCUT2D eigenvalue weighted by Gasteiger charge is -2.19. The van der Waals surface area contributed by atoms with Gasteiger partial charge in [0.05, 0.1) is 29.8 Å². The molecule has 2 N–H and O–H groups in total. The van der Waals surface area contributed by atoms with Gasteiger partial charge in [-0.15, -0.1) is 0 Å². The molecule has 0 aliphatic heterocycles. The van der Waals surface area contributed by atoms with Crippen LogP contribution in [0.2, 0.25) is 10.0 Å². The first-order valence-corrected chi connectivity index (χ1v) is 8.48. The van der Waals surface area contributed by atoms with E-state index in [0.717, 1.165) is 5.56 Å². The lowest BCUT2D eigenvalue weighted by Crippen LogP contribution is -2.34. The lowest BCUT2D eigenvalue weighted by molar-refractivity contribution is -0.143. The number of anilines is 1. The molecule has 1 unspecified atom stereocenters. The average molecular weight is 381 g/mol. The zero-order chi connectivity index (χ0) is 18.2. The monoisotopic (exact) mass is 380 g/mol. The van der Waals surface area contributed by atoms with Gasteiger partial charge in [0.15, 0.2) is 0 Å². The van der Waals surface area contributed by atoms with Crippen molar-refractivity contribution in [1.82, 2.24) is 5.32 Å². The number of benzene rings is 2. The molecule has 0 radical (unpaired) electrons. The van der Waals surface area contributed by atoms with Crippen molar-refractivity contribution in [2.24, 2.45) is 0 Å². The average Bonchev–Trinajstić information content (AvgIpc) is 2.58. The van der Waals surface area contributed by atoms with Crippen LogP contribution in [-0.4, -0.2) is 18.6 Å². The third kappa shape index (κ3) is 5.96. The smallest absolute Gasteiger partial charge is 0.319 e. The Kier molecular flexibility index (Phi) is 7.10. The summed E-state index contributed by atoms with van der Waals surface area (Å²) in [6.07, 6.45) is 0.0224. The Hall–Kier alpha value is -2.24. The van der Waals surface area contributed by atoms with E-state index in [0.29, 0.717) is 15.7 Å². The van der Waals surface area contributed by atoms with E-state index in [1.807, 2.05) is 30.3 Å². The predicted octanol–water partition coefficient (Wildman–Crippen LogP) is 4.81. The molecule has 0 bridgehead atoms. The number of urea groups is 1. The van der Waals surface area contributed by atoms with E-state index in [-0.39, 0.29) is 13.0 Å². The number of hydrogen-bond donors (Lipinski definition) is 2. The van der Waals surface area contributed by atoms with Gasteiger partial charge in [-0.2, -0.15) is 0 Å². The summed E-state index contributed by atoms with van der Waals surface area (Å²) >= 11 is 12.0. The van der Waals surface area contributed by atoms with Crippen molar-refractivity contribution in [3.63, 3.8) is 0 Å². The molecule has 1 atom stereocenters. The van der Waals surface area contributed by atoms with Gasteiger partial charge in [0.2, 0.25) is 0 Å². The number of nitrogens with one attached hydrogen (secondary N) is 2. The summed E-state index contributed by atoms with van der Waals surface area (Å²) in [6, 6.07) is 12.9. The SMILES string of the molecule is CCOC(=O)CC(NC(=O)Nc1cc(Cl)ccc1Cl)c1ccccc1. The fourth-order valence-corrected chi connectivity index (χ4v) is 2.57. The molecule has 0 saturated heterocycles. The first-order valence-electron chi connectivity index (χ1n) is 7.72. The number of rotatable bonds is 6. The van der Waals surface area contributed by atoms with Crippen molar-refractivity contribution in [3.05, 3.63) is 64.1 Å². The maximum Gasteiger partial charge on any atom is 0.319 e. The van der Waals surface area contributed by atoms with Gasteiger partial charge in [0.1, 0.15) is 0 Å². The predicted molar refractivity (Wildman–Crippen MR) is 99.0 cm³/mol. The van der Waals surface area contributed by atoms with Crippen molar-refractivity contribution < 1.29 is 14.3 Å². The van der Waals surface area contributed by atoms with E-state index in [2.05, 4.69) is 10.6 Å². The Bertz CT molecular complexity index is 738. The summed E-state index contributed by atoms with van der Waals surface area (Å²) in [5.74, 6) is -0.391. The number of amides is 2. The van der Waals surface area contributed by atoms with Gasteiger partial charge >= 0.3 is 12.0 Å². The van der Waals surface area contributed by atoms with Gasteiger partial charge in [-0.25, -0.2) is 4.79 Å². The molecule has 2 amide bonds. The Morgan fingerprint density at radius 3 is 2.52 bits per heavy atom. The Labute approximate surface area is 156 Å². The van der Waals surface area contributed by atoms with E-state index in [1.165, 1.54) is 0 Å². The third-order valence-electron chi connectivity index (χ3n) is 3.36. The van der Waals surface area contributed by atoms with E-state index in [1.54, 1.807) is 25.1 Å². The van der Waals surface area contributed by atoms with Crippen molar-refractivity contribution in [2.45, 2.75) is 19.4 Å². The number of esters is 1. The molecule has 0 spiro atoms. The largest absolute Gasteiger partial charge is 0.466 e. The molecule has 5 nitrogen and oxygen atoms in total. The third-order valence-corrected chi connectivity index (χ3v) is 3.92. The van der Waals surface area contributed by atoms with Crippen LogP contribution in [0.1, 0.15) is 24.9 Å². The van der Waals surface area contributed by atoms with Gasteiger partial charge in [-0.05, 0) is 30.7 Å². The van der Waals surface area contributed by atoms with Crippen molar-refractivity contribution in [1.29, 1.82) is 0 Å². The quantitative estimate of drug-likeness (QED) is 0.706. The van der Waals surface area contributed by atoms with Crippen LogP contribution in [0.5, 0.6) is 0 Å². The summed E-state index contributed by atoms with van der Waals surface area (Å²) < 4.78 is 4.98. The standard InChI is InChI=1S/C18H18Cl2N2O3/c1-2-25-17(23)11-15(12-6-4-3-5-7-12)21-18(24)22-16-10-13(19)8-9-14(16)20/h3-10,15H,2,11H2,1H3,(H2,21,22,24). The normalized spacial score (nSPS) is 11.5. The van der Waals surface area contributed by atoms with E-state index < -0.39 is 18.0 Å². The number of carbonyl (C=O) groups is 2. The molecule has 2 aromatic carbocycles. The number of hydrogen-bond acceptors (Lipinski definition) is 3. The minimum Gasteiger partial charge on any atom is -0.466 e. The molecule has 25 heavy (non-hydrogen) atoms. The molecule has 0 aliphatic carbocycles. The first-order chi connectivity index (χ1) is 12.0. The minimum atomic E-state index is -0.529. The molecule has 0 saturated carbocycles. The van der Waals surface area contributed by atoms with Gasteiger partial charge < -0.3 is 15.4 Å². The summed E-state index contributed by atoms with van der Waals surface area (Å²) in [7, 11) is 0. The van der Waals surface area contributed by atoms with Crippen LogP contribution in [0.15, 0.2) is 48.5 Å². The molecule has 132 valence electrons. The zero-order valence-corrected chi connectivity index (χ0v) is 15.1. The van der Waals surface area contributed by atoms with E-state index in [4.69, 9.17) is 27.9 Å². The first kappa shape index (κ1) is 19.1. The van der Waals surface area contributed by atoms with Gasteiger partial charge in [-0.1, -0.05) is 53.5 Å². The lowest BCUT2D eigenvalue weighted by atomic mass is 10.0. The highest BCUT2D eigenvalue weighted by molar-refractivity contribution is 6.35. The fraction of sp³-hybridized carbons (Fsp3) is 0.222. The second-order valence-electron chi connectivity index (χ2n) is 5.20. The molecular formula is C18H18Cl2N2O3. The van der Waals surface area contributed by atoms with Crippen LogP contribution in [0.25, 0.3) is 0 Å². The summed E-state index contributed by atoms with van der Waals surface area (Å²) in [4.78, 5) is 24.2. The maximum absolute atomic E-state index is 12.3. The molecule has 7 heteroatoms. The molecule has 2 rings (SSSR count). The highest BCUT2D eigenvalue weighted by atomic mass is 35.5. The minimum absolute atomic E-state index is 0.0224. The Balaban J connectivity index is 2.11. The van der Waals surface area contributed by atoms with E-state index >= 15 is 0 Å². The highest BCUT2D eigenvalue weighted by Gasteiger charge is 2.19. The van der Waals surface area contributed by atoms with E-state index in [9.17, 15) is 9.59 Å². The summed E-state index contributed by atoms with van der Waals surface area (Å²) in [5.41, 5.74) is 1.18. The second-order valence-corrected chi connectivity index (χ2v) is 6.04. The van der Waals surface area contributed by atoms with Crippen LogP contribution >= 0.6 is 23.2 Å². The van der Waals surface area contributed by atoms with Crippen LogP contribution in [-0.2, 0) is 9.53 Å². The molecule has 2 aromatic rings. The van der Waals surface area contributed by atoms with Crippen LogP contribution in [0.4, 0.5) is 10.5 Å². The topological polar surface area (TPSA) is 67.4 Å². The second kappa shape index (κ2) is 9.30. The van der Waals surface area contributed by atoms with Crippen LogP contribution in [0, 0.1) is 0 Å². The number of carbonyl (C=O) groups excluding carboxylic acids is 2. The molecule has 0 aliphatic rings. The van der Waals surface area contributed by atoms with Gasteiger partial charge in [-0.3, -0.25) is 4.79 Å². The fourth-order valence-electron chi connectivity index (χ4n) is 2.23.